The van der Waals surface area contributed by atoms with E-state index in [4.69, 9.17) is 4.42 Å². The Morgan fingerprint density at radius 2 is 2.25 bits per heavy atom. The Labute approximate surface area is 122 Å². The highest BCUT2D eigenvalue weighted by molar-refractivity contribution is 7.98. The largest absolute Gasteiger partial charge is 0.468 e. The number of rotatable bonds is 7. The molecule has 3 aromatic heterocycles. The Balaban J connectivity index is 1.37. The molecule has 0 aliphatic rings. The zero-order valence-corrected chi connectivity index (χ0v) is 12.0. The van der Waals surface area contributed by atoms with Crippen LogP contribution in [0.5, 0.6) is 0 Å². The summed E-state index contributed by atoms with van der Waals surface area (Å²) in [7, 11) is 0. The Hall–Kier alpha value is -1.88. The highest BCUT2D eigenvalue weighted by Gasteiger charge is 1.99. The Bertz CT molecular complexity index is 648. The molecular weight excluding hydrogens is 270 g/mol. The van der Waals surface area contributed by atoms with Gasteiger partial charge < -0.3 is 14.7 Å². The smallest absolute Gasteiger partial charge is 0.139 e. The minimum atomic E-state index is 0.927. The lowest BCUT2D eigenvalue weighted by Crippen LogP contribution is -2.04. The van der Waals surface area contributed by atoms with Crippen molar-refractivity contribution >= 4 is 28.6 Å². The van der Waals surface area contributed by atoms with E-state index < -0.39 is 0 Å². The summed E-state index contributed by atoms with van der Waals surface area (Å²) in [5, 5.41) is 4.50. The van der Waals surface area contributed by atoms with Crippen molar-refractivity contribution in [2.45, 2.75) is 12.2 Å². The molecule has 0 fully saturated rings. The van der Waals surface area contributed by atoms with Crippen LogP contribution >= 0.6 is 11.8 Å². The van der Waals surface area contributed by atoms with Crippen LogP contribution in [0.4, 0.5) is 5.82 Å². The number of furan rings is 1. The van der Waals surface area contributed by atoms with E-state index in [1.54, 1.807) is 6.26 Å². The first-order valence-electron chi connectivity index (χ1n) is 6.70. The number of nitrogens with zero attached hydrogens (tertiary/aromatic N) is 1. The van der Waals surface area contributed by atoms with Crippen molar-refractivity contribution in [3.8, 4) is 0 Å². The highest BCUT2D eigenvalue weighted by atomic mass is 32.2. The zero-order valence-electron chi connectivity index (χ0n) is 11.1. The van der Waals surface area contributed by atoms with Gasteiger partial charge in [0.2, 0.25) is 0 Å². The molecule has 0 radical (unpaired) electrons. The second kappa shape index (κ2) is 6.52. The number of fused-ring (bicyclic) bond motifs is 1. The molecule has 0 atom stereocenters. The zero-order chi connectivity index (χ0) is 13.6. The summed E-state index contributed by atoms with van der Waals surface area (Å²) < 4.78 is 5.29. The summed E-state index contributed by atoms with van der Waals surface area (Å²) in [6.07, 6.45) is 4.74. The van der Waals surface area contributed by atoms with Crippen LogP contribution in [0.25, 0.3) is 11.0 Å². The lowest BCUT2D eigenvalue weighted by molar-refractivity contribution is 0.530. The van der Waals surface area contributed by atoms with Crippen molar-refractivity contribution in [1.29, 1.82) is 0 Å². The Kier molecular flexibility index (Phi) is 4.28. The van der Waals surface area contributed by atoms with Gasteiger partial charge in [-0.3, -0.25) is 0 Å². The molecule has 4 nitrogen and oxygen atoms in total. The van der Waals surface area contributed by atoms with Crippen molar-refractivity contribution in [2.75, 3.05) is 17.6 Å². The normalized spacial score (nSPS) is 11.0. The van der Waals surface area contributed by atoms with Gasteiger partial charge in [-0.15, -0.1) is 0 Å². The summed E-state index contributed by atoms with van der Waals surface area (Å²) in [6.45, 7) is 0.935. The van der Waals surface area contributed by atoms with Gasteiger partial charge in [0, 0.05) is 18.1 Å². The lowest BCUT2D eigenvalue weighted by Gasteiger charge is -2.05. The van der Waals surface area contributed by atoms with Crippen LogP contribution in [0, 0.1) is 0 Å². The highest BCUT2D eigenvalue weighted by Crippen LogP contribution is 2.15. The number of hydrogen-bond acceptors (Lipinski definition) is 4. The Morgan fingerprint density at radius 3 is 3.15 bits per heavy atom. The first-order chi connectivity index (χ1) is 9.92. The van der Waals surface area contributed by atoms with Crippen LogP contribution in [0.1, 0.15) is 12.2 Å². The summed E-state index contributed by atoms with van der Waals surface area (Å²) in [4.78, 5) is 7.63. The predicted molar refractivity (Wildman–Crippen MR) is 84.1 cm³/mol. The van der Waals surface area contributed by atoms with Gasteiger partial charge in [0.15, 0.2) is 0 Å². The molecule has 3 aromatic rings. The molecule has 0 aromatic carbocycles. The van der Waals surface area contributed by atoms with Crippen LogP contribution in [0.3, 0.4) is 0 Å². The quantitative estimate of drug-likeness (QED) is 0.647. The molecule has 0 spiro atoms. The standard InChI is InChI=1S/C15H17N3OS/c1-3-13(19-9-1)11-20-10-2-7-16-14-5-4-12-6-8-17-15(12)18-14/h1,3-6,8-9H,2,7,10-11H2,(H2,16,17,18). The van der Waals surface area contributed by atoms with Crippen LogP contribution in [-0.2, 0) is 5.75 Å². The van der Waals surface area contributed by atoms with Crippen LogP contribution in [0.15, 0.2) is 47.2 Å². The van der Waals surface area contributed by atoms with Gasteiger partial charge >= 0.3 is 0 Å². The van der Waals surface area contributed by atoms with Crippen LogP contribution < -0.4 is 5.32 Å². The molecule has 0 aliphatic carbocycles. The molecule has 5 heteroatoms. The van der Waals surface area contributed by atoms with Gasteiger partial charge in [-0.25, -0.2) is 4.98 Å². The molecular formula is C15H17N3OS. The maximum atomic E-state index is 5.29. The number of thioether (sulfide) groups is 1. The van der Waals surface area contributed by atoms with E-state index in [0.717, 1.165) is 47.1 Å². The number of H-pyrrole nitrogens is 1. The topological polar surface area (TPSA) is 53.9 Å². The van der Waals surface area contributed by atoms with Crippen molar-refractivity contribution < 1.29 is 4.42 Å². The summed E-state index contributed by atoms with van der Waals surface area (Å²) in [5.41, 5.74) is 0.933. The number of pyridine rings is 1. The van der Waals surface area contributed by atoms with Gasteiger partial charge in [0.25, 0.3) is 0 Å². The Morgan fingerprint density at radius 1 is 1.25 bits per heavy atom. The van der Waals surface area contributed by atoms with Crippen molar-refractivity contribution in [3.63, 3.8) is 0 Å². The molecule has 0 amide bonds. The monoisotopic (exact) mass is 287 g/mol. The van der Waals surface area contributed by atoms with Gasteiger partial charge in [-0.2, -0.15) is 11.8 Å². The molecule has 20 heavy (non-hydrogen) atoms. The van der Waals surface area contributed by atoms with E-state index in [1.807, 2.05) is 42.2 Å². The molecule has 2 N–H and O–H groups in total. The third kappa shape index (κ3) is 3.36. The maximum Gasteiger partial charge on any atom is 0.139 e. The molecule has 0 saturated heterocycles. The van der Waals surface area contributed by atoms with E-state index >= 15 is 0 Å². The van der Waals surface area contributed by atoms with Crippen LogP contribution in [-0.4, -0.2) is 22.3 Å². The first kappa shape index (κ1) is 13.1. The lowest BCUT2D eigenvalue weighted by atomic mass is 10.3. The van der Waals surface area contributed by atoms with Crippen LogP contribution in [0.2, 0.25) is 0 Å². The fraction of sp³-hybridized carbons (Fsp3) is 0.267. The summed E-state index contributed by atoms with van der Waals surface area (Å²) in [5.74, 6) is 4.02. The average Bonchev–Trinajstić information content (AvgIpc) is 3.13. The third-order valence-electron chi connectivity index (χ3n) is 3.01. The third-order valence-corrected chi connectivity index (χ3v) is 4.07. The first-order valence-corrected chi connectivity index (χ1v) is 7.85. The molecule has 0 saturated carbocycles. The van der Waals surface area contributed by atoms with E-state index in [0.29, 0.717) is 0 Å². The second-order valence-corrected chi connectivity index (χ2v) is 5.63. The van der Waals surface area contributed by atoms with Crippen molar-refractivity contribution in [1.82, 2.24) is 9.97 Å². The van der Waals surface area contributed by atoms with Gasteiger partial charge in [0.1, 0.15) is 17.2 Å². The average molecular weight is 287 g/mol. The van der Waals surface area contributed by atoms with Gasteiger partial charge in [-0.1, -0.05) is 0 Å². The van der Waals surface area contributed by atoms with Gasteiger partial charge in [-0.05, 0) is 42.5 Å². The minimum Gasteiger partial charge on any atom is -0.468 e. The van der Waals surface area contributed by atoms with Crippen molar-refractivity contribution in [3.05, 3.63) is 48.6 Å². The molecule has 104 valence electrons. The molecule has 0 aliphatic heterocycles. The molecule has 3 rings (SSSR count). The summed E-state index contributed by atoms with van der Waals surface area (Å²) in [6, 6.07) is 10.1. The van der Waals surface area contributed by atoms with Gasteiger partial charge in [0.05, 0.1) is 12.0 Å². The second-order valence-electron chi connectivity index (χ2n) is 4.52. The number of aromatic nitrogens is 2. The number of aromatic amines is 1. The minimum absolute atomic E-state index is 0.927. The number of hydrogen-bond donors (Lipinski definition) is 2. The van der Waals surface area contributed by atoms with E-state index in [2.05, 4.69) is 21.4 Å². The fourth-order valence-electron chi connectivity index (χ4n) is 1.99. The molecule has 3 heterocycles. The predicted octanol–water partition coefficient (Wildman–Crippen LogP) is 3.89. The SMILES string of the molecule is c1coc(CSCCCNc2ccc3cc[nH]c3n2)c1. The maximum absolute atomic E-state index is 5.29. The number of anilines is 1. The molecule has 0 bridgehead atoms. The van der Waals surface area contributed by atoms with E-state index in [1.165, 1.54) is 0 Å². The van der Waals surface area contributed by atoms with E-state index in [9.17, 15) is 0 Å². The van der Waals surface area contributed by atoms with Crippen molar-refractivity contribution in [2.24, 2.45) is 0 Å². The number of nitrogens with one attached hydrogen (secondary N) is 2. The molecule has 0 unspecified atom stereocenters. The van der Waals surface area contributed by atoms with E-state index in [-0.39, 0.29) is 0 Å². The fourth-order valence-corrected chi connectivity index (χ4v) is 2.85. The summed E-state index contributed by atoms with van der Waals surface area (Å²) >= 11 is 1.89.